The van der Waals surface area contributed by atoms with Crippen LogP contribution in [0.1, 0.15) is 17.0 Å². The van der Waals surface area contributed by atoms with Gasteiger partial charge in [0, 0.05) is 6.54 Å². The third-order valence-corrected chi connectivity index (χ3v) is 2.35. The van der Waals surface area contributed by atoms with Gasteiger partial charge in [-0.15, -0.1) is 10.2 Å². The SMILES string of the molecule is Cc1ccc(CNNC(=O)Cc2nn[nH]n2)cc1. The topological polar surface area (TPSA) is 95.6 Å². The second-order valence-corrected chi connectivity index (χ2v) is 3.89. The van der Waals surface area contributed by atoms with Crippen LogP contribution in [0.2, 0.25) is 0 Å². The molecule has 1 heterocycles. The molecule has 94 valence electrons. The Morgan fingerprint density at radius 2 is 2.11 bits per heavy atom. The standard InChI is InChI=1S/C11H14N6O/c1-8-2-4-9(5-3-8)7-12-15-11(18)6-10-13-16-17-14-10/h2-5,12H,6-7H2,1H3,(H,15,18)(H,13,14,16,17). The molecule has 0 atom stereocenters. The number of benzene rings is 1. The molecule has 7 nitrogen and oxygen atoms in total. The van der Waals surface area contributed by atoms with Gasteiger partial charge in [-0.2, -0.15) is 5.21 Å². The van der Waals surface area contributed by atoms with E-state index >= 15 is 0 Å². The first-order chi connectivity index (χ1) is 8.74. The second-order valence-electron chi connectivity index (χ2n) is 3.89. The molecule has 7 heteroatoms. The number of aryl methyl sites for hydroxylation is 1. The number of nitrogens with zero attached hydrogens (tertiary/aromatic N) is 3. The summed E-state index contributed by atoms with van der Waals surface area (Å²) in [5.74, 6) is 0.160. The number of hydrazine groups is 1. The maximum atomic E-state index is 11.5. The zero-order valence-corrected chi connectivity index (χ0v) is 9.97. The van der Waals surface area contributed by atoms with Gasteiger partial charge in [0.15, 0.2) is 5.82 Å². The average molecular weight is 246 g/mol. The smallest absolute Gasteiger partial charge is 0.241 e. The van der Waals surface area contributed by atoms with Crippen LogP contribution >= 0.6 is 0 Å². The number of amides is 1. The van der Waals surface area contributed by atoms with Crippen LogP contribution in [0.15, 0.2) is 24.3 Å². The van der Waals surface area contributed by atoms with Crippen molar-refractivity contribution in [3.05, 3.63) is 41.2 Å². The van der Waals surface area contributed by atoms with Crippen molar-refractivity contribution in [2.24, 2.45) is 0 Å². The fraction of sp³-hybridized carbons (Fsp3) is 0.273. The molecule has 0 spiro atoms. The predicted octanol–water partition coefficient (Wildman–Crippen LogP) is -0.128. The summed E-state index contributed by atoms with van der Waals surface area (Å²) in [6.45, 7) is 2.60. The fourth-order valence-corrected chi connectivity index (χ4v) is 1.40. The minimum absolute atomic E-state index is 0.0946. The number of aromatic nitrogens is 4. The predicted molar refractivity (Wildman–Crippen MR) is 64.0 cm³/mol. The van der Waals surface area contributed by atoms with Crippen LogP contribution < -0.4 is 10.9 Å². The highest BCUT2D eigenvalue weighted by molar-refractivity contribution is 5.77. The van der Waals surface area contributed by atoms with E-state index in [0.717, 1.165) is 5.56 Å². The Balaban J connectivity index is 1.72. The van der Waals surface area contributed by atoms with Crippen LogP contribution in [-0.4, -0.2) is 26.5 Å². The average Bonchev–Trinajstić information content (AvgIpc) is 2.84. The molecule has 0 saturated heterocycles. The summed E-state index contributed by atoms with van der Waals surface area (Å²) in [6.07, 6.45) is 0.0946. The molecule has 1 aromatic heterocycles. The first-order valence-electron chi connectivity index (χ1n) is 5.53. The third-order valence-electron chi connectivity index (χ3n) is 2.35. The Labute approximate surface area is 104 Å². The lowest BCUT2D eigenvalue weighted by molar-refractivity contribution is -0.121. The Bertz CT molecular complexity index is 493. The molecule has 3 N–H and O–H groups in total. The van der Waals surface area contributed by atoms with E-state index in [9.17, 15) is 4.79 Å². The monoisotopic (exact) mass is 246 g/mol. The van der Waals surface area contributed by atoms with Gasteiger partial charge in [0.25, 0.3) is 0 Å². The van der Waals surface area contributed by atoms with Crippen molar-refractivity contribution in [2.45, 2.75) is 19.9 Å². The lowest BCUT2D eigenvalue weighted by Gasteiger charge is -2.06. The molecule has 0 radical (unpaired) electrons. The molecule has 18 heavy (non-hydrogen) atoms. The van der Waals surface area contributed by atoms with Crippen molar-refractivity contribution in [1.82, 2.24) is 31.5 Å². The molecule has 0 aliphatic heterocycles. The highest BCUT2D eigenvalue weighted by Gasteiger charge is 2.06. The first-order valence-corrected chi connectivity index (χ1v) is 5.53. The number of hydrogen-bond acceptors (Lipinski definition) is 5. The van der Waals surface area contributed by atoms with E-state index in [1.165, 1.54) is 5.56 Å². The van der Waals surface area contributed by atoms with Crippen LogP contribution in [0.25, 0.3) is 0 Å². The number of aromatic amines is 1. The number of rotatable bonds is 5. The normalized spacial score (nSPS) is 10.3. The summed E-state index contributed by atoms with van der Waals surface area (Å²) >= 11 is 0. The van der Waals surface area contributed by atoms with Gasteiger partial charge < -0.3 is 0 Å². The Morgan fingerprint density at radius 3 is 2.78 bits per heavy atom. The van der Waals surface area contributed by atoms with E-state index < -0.39 is 0 Å². The summed E-state index contributed by atoms with van der Waals surface area (Å²) in [6, 6.07) is 8.07. The molecule has 0 fully saturated rings. The van der Waals surface area contributed by atoms with E-state index in [1.807, 2.05) is 31.2 Å². The lowest BCUT2D eigenvalue weighted by Crippen LogP contribution is -2.38. The fourth-order valence-electron chi connectivity index (χ4n) is 1.40. The Morgan fingerprint density at radius 1 is 1.33 bits per heavy atom. The molecule has 0 unspecified atom stereocenters. The molecular weight excluding hydrogens is 232 g/mol. The molecule has 2 rings (SSSR count). The van der Waals surface area contributed by atoms with E-state index in [4.69, 9.17) is 0 Å². The molecule has 0 bridgehead atoms. The van der Waals surface area contributed by atoms with Crippen LogP contribution in [-0.2, 0) is 17.8 Å². The Kier molecular flexibility index (Phi) is 3.98. The largest absolute Gasteiger partial charge is 0.291 e. The number of H-pyrrole nitrogens is 1. The van der Waals surface area contributed by atoms with Gasteiger partial charge >= 0.3 is 0 Å². The van der Waals surface area contributed by atoms with Gasteiger partial charge in [0.1, 0.15) is 0 Å². The highest BCUT2D eigenvalue weighted by Crippen LogP contribution is 2.01. The van der Waals surface area contributed by atoms with E-state index in [2.05, 4.69) is 31.5 Å². The maximum Gasteiger partial charge on any atom is 0.241 e. The number of hydrogen-bond donors (Lipinski definition) is 3. The van der Waals surface area contributed by atoms with Gasteiger partial charge in [-0.3, -0.25) is 10.2 Å². The summed E-state index contributed by atoms with van der Waals surface area (Å²) in [5, 5.41) is 13.1. The van der Waals surface area contributed by atoms with Gasteiger partial charge in [0.2, 0.25) is 5.91 Å². The first kappa shape index (κ1) is 12.2. The second kappa shape index (κ2) is 5.87. The summed E-state index contributed by atoms with van der Waals surface area (Å²) < 4.78 is 0. The quantitative estimate of drug-likeness (QED) is 0.639. The number of nitrogens with one attached hydrogen (secondary N) is 3. The van der Waals surface area contributed by atoms with Crippen molar-refractivity contribution in [2.75, 3.05) is 0 Å². The number of carbonyl (C=O) groups excluding carboxylic acids is 1. The van der Waals surface area contributed by atoms with Crippen LogP contribution in [0.5, 0.6) is 0 Å². The minimum atomic E-state index is -0.205. The van der Waals surface area contributed by atoms with Gasteiger partial charge in [-0.1, -0.05) is 35.0 Å². The lowest BCUT2D eigenvalue weighted by atomic mass is 10.1. The molecular formula is C11H14N6O. The van der Waals surface area contributed by atoms with Crippen molar-refractivity contribution in [1.29, 1.82) is 0 Å². The maximum absolute atomic E-state index is 11.5. The van der Waals surface area contributed by atoms with Crippen molar-refractivity contribution in [3.8, 4) is 0 Å². The zero-order chi connectivity index (χ0) is 12.8. The highest BCUT2D eigenvalue weighted by atomic mass is 16.2. The minimum Gasteiger partial charge on any atom is -0.291 e. The number of carbonyl (C=O) groups is 1. The Hall–Kier alpha value is -2.28. The molecule has 1 amide bonds. The zero-order valence-electron chi connectivity index (χ0n) is 9.97. The van der Waals surface area contributed by atoms with Crippen molar-refractivity contribution >= 4 is 5.91 Å². The number of tetrazole rings is 1. The molecule has 0 aliphatic carbocycles. The summed E-state index contributed by atoms with van der Waals surface area (Å²) in [4.78, 5) is 11.5. The van der Waals surface area contributed by atoms with Crippen molar-refractivity contribution in [3.63, 3.8) is 0 Å². The van der Waals surface area contributed by atoms with E-state index in [-0.39, 0.29) is 12.3 Å². The van der Waals surface area contributed by atoms with Crippen LogP contribution in [0.4, 0.5) is 0 Å². The summed E-state index contributed by atoms with van der Waals surface area (Å²) in [7, 11) is 0. The van der Waals surface area contributed by atoms with Crippen molar-refractivity contribution < 1.29 is 4.79 Å². The summed E-state index contributed by atoms with van der Waals surface area (Å²) in [5.41, 5.74) is 7.73. The van der Waals surface area contributed by atoms with Crippen LogP contribution in [0, 0.1) is 6.92 Å². The molecule has 0 aliphatic rings. The van der Waals surface area contributed by atoms with Gasteiger partial charge in [-0.05, 0) is 12.5 Å². The van der Waals surface area contributed by atoms with Crippen LogP contribution in [0.3, 0.4) is 0 Å². The molecule has 0 saturated carbocycles. The van der Waals surface area contributed by atoms with Gasteiger partial charge in [-0.25, -0.2) is 5.43 Å². The molecule has 1 aromatic carbocycles. The van der Waals surface area contributed by atoms with Gasteiger partial charge in [0.05, 0.1) is 6.42 Å². The van der Waals surface area contributed by atoms with E-state index in [1.54, 1.807) is 0 Å². The van der Waals surface area contributed by atoms with E-state index in [0.29, 0.717) is 12.4 Å². The molecule has 2 aromatic rings. The third kappa shape index (κ3) is 3.63.